The van der Waals surface area contributed by atoms with Gasteiger partial charge in [-0.15, -0.1) is 0 Å². The molecule has 138 valence electrons. The van der Waals surface area contributed by atoms with E-state index in [9.17, 15) is 4.39 Å². The van der Waals surface area contributed by atoms with Crippen LogP contribution in [0.1, 0.15) is 31.7 Å². The summed E-state index contributed by atoms with van der Waals surface area (Å²) >= 11 is 11.5. The van der Waals surface area contributed by atoms with Gasteiger partial charge in [-0.3, -0.25) is 0 Å². The van der Waals surface area contributed by atoms with E-state index in [2.05, 4.69) is 32.4 Å². The molecule has 1 saturated heterocycles. The maximum atomic E-state index is 12.9. The van der Waals surface area contributed by atoms with Crippen LogP contribution in [0.5, 0.6) is 0 Å². The van der Waals surface area contributed by atoms with E-state index in [0.717, 1.165) is 30.8 Å². The standard InChI is InChI=1S/C18H21ClFN5S/c1-12-4-2-3-9-25(12)16-10-15(19)22-17(23-16)24-18(26)21-11-13-5-7-14(20)8-6-13/h5-8,10,12H,2-4,9,11H2,1H3,(H2,21,22,23,24,26)/t12-/m1/s1. The quantitative estimate of drug-likeness (QED) is 0.601. The molecule has 0 saturated carbocycles. The molecule has 2 aromatic rings. The summed E-state index contributed by atoms with van der Waals surface area (Å²) in [6.07, 6.45) is 3.52. The average Bonchev–Trinajstić information content (AvgIpc) is 2.61. The first-order chi connectivity index (χ1) is 12.5. The highest BCUT2D eigenvalue weighted by atomic mass is 35.5. The Morgan fingerprint density at radius 2 is 2.08 bits per heavy atom. The molecule has 5 nitrogen and oxygen atoms in total. The van der Waals surface area contributed by atoms with Crippen LogP contribution in [0.15, 0.2) is 30.3 Å². The molecule has 1 fully saturated rings. The molecule has 1 aromatic carbocycles. The molecular formula is C18H21ClFN5S. The van der Waals surface area contributed by atoms with E-state index in [1.54, 1.807) is 18.2 Å². The first kappa shape index (κ1) is 18.8. The first-order valence-corrected chi connectivity index (χ1v) is 9.40. The normalized spacial score (nSPS) is 17.0. The summed E-state index contributed by atoms with van der Waals surface area (Å²) in [7, 11) is 0. The third kappa shape index (κ3) is 5.02. The molecule has 2 heterocycles. The van der Waals surface area contributed by atoms with Gasteiger partial charge in [0, 0.05) is 25.2 Å². The Labute approximate surface area is 163 Å². The molecule has 0 radical (unpaired) electrons. The van der Waals surface area contributed by atoms with E-state index >= 15 is 0 Å². The van der Waals surface area contributed by atoms with Crippen molar-refractivity contribution in [2.75, 3.05) is 16.8 Å². The number of rotatable bonds is 4. The SMILES string of the molecule is C[C@@H]1CCCCN1c1cc(Cl)nc(NC(=S)NCc2ccc(F)cc2)n1. The Morgan fingerprint density at radius 1 is 1.31 bits per heavy atom. The lowest BCUT2D eigenvalue weighted by atomic mass is 10.0. The number of halogens is 2. The molecule has 0 aliphatic carbocycles. The second-order valence-corrected chi connectivity index (χ2v) is 7.14. The van der Waals surface area contributed by atoms with Crippen molar-refractivity contribution in [3.8, 4) is 0 Å². The van der Waals surface area contributed by atoms with Gasteiger partial charge in [0.15, 0.2) is 5.11 Å². The fourth-order valence-electron chi connectivity index (χ4n) is 2.98. The van der Waals surface area contributed by atoms with Crippen LogP contribution >= 0.6 is 23.8 Å². The van der Waals surface area contributed by atoms with Crippen molar-refractivity contribution in [1.29, 1.82) is 0 Å². The van der Waals surface area contributed by atoms with E-state index in [4.69, 9.17) is 23.8 Å². The van der Waals surface area contributed by atoms with Crippen molar-refractivity contribution in [2.45, 2.75) is 38.8 Å². The Morgan fingerprint density at radius 3 is 2.81 bits per heavy atom. The van der Waals surface area contributed by atoms with Crippen LogP contribution < -0.4 is 15.5 Å². The van der Waals surface area contributed by atoms with E-state index in [1.165, 1.54) is 18.6 Å². The monoisotopic (exact) mass is 393 g/mol. The molecule has 1 aliphatic rings. The van der Waals surface area contributed by atoms with Crippen molar-refractivity contribution in [3.05, 3.63) is 46.9 Å². The number of aromatic nitrogens is 2. The lowest BCUT2D eigenvalue weighted by molar-refractivity contribution is 0.481. The summed E-state index contributed by atoms with van der Waals surface area (Å²) in [4.78, 5) is 11.0. The molecule has 1 aromatic heterocycles. The lowest BCUT2D eigenvalue weighted by Crippen LogP contribution is -2.38. The van der Waals surface area contributed by atoms with Gasteiger partial charge in [0.2, 0.25) is 5.95 Å². The number of nitrogens with zero attached hydrogens (tertiary/aromatic N) is 3. The van der Waals surface area contributed by atoms with Crippen LogP contribution in [0.2, 0.25) is 5.15 Å². The van der Waals surface area contributed by atoms with Crippen LogP contribution in [0.3, 0.4) is 0 Å². The van der Waals surface area contributed by atoms with Gasteiger partial charge in [-0.1, -0.05) is 23.7 Å². The zero-order valence-electron chi connectivity index (χ0n) is 14.5. The highest BCUT2D eigenvalue weighted by Gasteiger charge is 2.21. The highest BCUT2D eigenvalue weighted by Crippen LogP contribution is 2.25. The van der Waals surface area contributed by atoms with Gasteiger partial charge in [-0.25, -0.2) is 9.37 Å². The summed E-state index contributed by atoms with van der Waals surface area (Å²) in [6, 6.07) is 8.45. The van der Waals surface area contributed by atoms with Gasteiger partial charge in [0.25, 0.3) is 0 Å². The zero-order valence-corrected chi connectivity index (χ0v) is 16.1. The van der Waals surface area contributed by atoms with Crippen molar-refractivity contribution < 1.29 is 4.39 Å². The lowest BCUT2D eigenvalue weighted by Gasteiger charge is -2.34. The number of piperidine rings is 1. The third-order valence-electron chi connectivity index (χ3n) is 4.37. The van der Waals surface area contributed by atoms with Crippen LogP contribution in [-0.4, -0.2) is 27.7 Å². The number of thiocarbonyl (C=S) groups is 1. The summed E-state index contributed by atoms with van der Waals surface area (Å²) in [5.41, 5.74) is 0.922. The summed E-state index contributed by atoms with van der Waals surface area (Å²) in [5.74, 6) is 0.907. The zero-order chi connectivity index (χ0) is 18.5. The Bertz CT molecular complexity index is 771. The average molecular weight is 394 g/mol. The van der Waals surface area contributed by atoms with Crippen LogP contribution in [0.25, 0.3) is 0 Å². The summed E-state index contributed by atoms with van der Waals surface area (Å²) in [5, 5.41) is 6.78. The van der Waals surface area contributed by atoms with Gasteiger partial charge in [-0.05, 0) is 56.1 Å². The van der Waals surface area contributed by atoms with E-state index in [0.29, 0.717) is 28.8 Å². The maximum Gasteiger partial charge on any atom is 0.232 e. The Balaban J connectivity index is 1.63. The largest absolute Gasteiger partial charge is 0.358 e. The van der Waals surface area contributed by atoms with E-state index in [1.807, 2.05) is 0 Å². The number of hydrogen-bond acceptors (Lipinski definition) is 4. The molecule has 0 amide bonds. The molecule has 3 rings (SSSR count). The third-order valence-corrected chi connectivity index (χ3v) is 4.81. The molecule has 26 heavy (non-hydrogen) atoms. The van der Waals surface area contributed by atoms with Crippen LogP contribution in [0, 0.1) is 5.82 Å². The smallest absolute Gasteiger partial charge is 0.232 e. The Kier molecular flexibility index (Phi) is 6.21. The summed E-state index contributed by atoms with van der Waals surface area (Å²) in [6.45, 7) is 3.63. The fourth-order valence-corrected chi connectivity index (χ4v) is 3.32. The van der Waals surface area contributed by atoms with Crippen molar-refractivity contribution >= 4 is 40.7 Å². The second-order valence-electron chi connectivity index (χ2n) is 6.34. The van der Waals surface area contributed by atoms with Gasteiger partial charge in [0.05, 0.1) is 0 Å². The van der Waals surface area contributed by atoms with Crippen molar-refractivity contribution in [3.63, 3.8) is 0 Å². The minimum atomic E-state index is -0.263. The molecule has 2 N–H and O–H groups in total. The Hall–Kier alpha value is -1.99. The van der Waals surface area contributed by atoms with Gasteiger partial charge in [0.1, 0.15) is 16.8 Å². The molecule has 0 spiro atoms. The van der Waals surface area contributed by atoms with Gasteiger partial charge in [-0.2, -0.15) is 4.98 Å². The highest BCUT2D eigenvalue weighted by molar-refractivity contribution is 7.80. The molecule has 0 bridgehead atoms. The molecular weight excluding hydrogens is 373 g/mol. The second kappa shape index (κ2) is 8.60. The van der Waals surface area contributed by atoms with E-state index in [-0.39, 0.29) is 5.82 Å². The number of benzene rings is 1. The number of nitrogens with one attached hydrogen (secondary N) is 2. The predicted molar refractivity (Wildman–Crippen MR) is 107 cm³/mol. The molecule has 8 heteroatoms. The number of hydrogen-bond donors (Lipinski definition) is 2. The minimum Gasteiger partial charge on any atom is -0.358 e. The van der Waals surface area contributed by atoms with Gasteiger partial charge >= 0.3 is 0 Å². The number of anilines is 2. The minimum absolute atomic E-state index is 0.263. The molecule has 1 aliphatic heterocycles. The van der Waals surface area contributed by atoms with Crippen molar-refractivity contribution in [2.24, 2.45) is 0 Å². The molecule has 0 unspecified atom stereocenters. The molecule has 1 atom stereocenters. The van der Waals surface area contributed by atoms with Crippen molar-refractivity contribution in [1.82, 2.24) is 15.3 Å². The van der Waals surface area contributed by atoms with Gasteiger partial charge < -0.3 is 15.5 Å². The van der Waals surface area contributed by atoms with Crippen LogP contribution in [-0.2, 0) is 6.54 Å². The fraction of sp³-hybridized carbons (Fsp3) is 0.389. The summed E-state index contributed by atoms with van der Waals surface area (Å²) < 4.78 is 12.9. The van der Waals surface area contributed by atoms with Crippen LogP contribution in [0.4, 0.5) is 16.2 Å². The maximum absolute atomic E-state index is 12.9. The van der Waals surface area contributed by atoms with E-state index < -0.39 is 0 Å². The first-order valence-electron chi connectivity index (χ1n) is 8.62. The predicted octanol–water partition coefficient (Wildman–Crippen LogP) is 4.13. The topological polar surface area (TPSA) is 53.1 Å².